The molecule has 4 aromatic heterocycles. The number of nitrogens with zero attached hydrogens (tertiary/aromatic N) is 1. The van der Waals surface area contributed by atoms with Gasteiger partial charge < -0.3 is 35.9 Å². The topological polar surface area (TPSA) is 131 Å². The van der Waals surface area contributed by atoms with Gasteiger partial charge in [0.15, 0.2) is 0 Å². The summed E-state index contributed by atoms with van der Waals surface area (Å²) in [7, 11) is 0. The van der Waals surface area contributed by atoms with Crippen molar-refractivity contribution >= 4 is 91.7 Å². The first-order valence-corrected chi connectivity index (χ1v) is 18.5. The van der Waals surface area contributed by atoms with Gasteiger partial charge in [-0.15, -0.1) is 0 Å². The number of halogens is 5. The molecule has 0 saturated carbocycles. The van der Waals surface area contributed by atoms with Crippen LogP contribution in [0.1, 0.15) is 11.4 Å². The number of ether oxygens (including phenoxy) is 2. The second-order valence-corrected chi connectivity index (χ2v) is 14.1. The van der Waals surface area contributed by atoms with E-state index in [4.69, 9.17) is 72.3 Å². The van der Waals surface area contributed by atoms with E-state index in [1.807, 2.05) is 48.6 Å². The summed E-state index contributed by atoms with van der Waals surface area (Å²) in [6.45, 7) is 1.30. The molecule has 0 amide bonds. The molecule has 8 bridgehead atoms. The summed E-state index contributed by atoms with van der Waals surface area (Å²) in [5, 5.41) is 1.51. The van der Waals surface area contributed by atoms with Crippen molar-refractivity contribution in [2.75, 3.05) is 26.3 Å². The summed E-state index contributed by atoms with van der Waals surface area (Å²) in [5.41, 5.74) is 21.0. The smallest absolute Gasteiger partial charge is 0.123 e. The Bertz CT molecular complexity index is 2670. The summed E-state index contributed by atoms with van der Waals surface area (Å²) >= 11 is 28.0. The summed E-state index contributed by atoms with van der Waals surface area (Å²) in [6, 6.07) is 24.9. The van der Waals surface area contributed by atoms with Crippen LogP contribution in [0, 0.1) is 5.82 Å². The number of hydrogen-bond acceptors (Lipinski definition) is 5. The molecule has 3 aromatic carbocycles. The highest BCUT2D eigenvalue weighted by Crippen LogP contribution is 2.44. The number of H-pyrrole nitrogens is 3. The molecular formula is C41H31Cl4FN6O2. The lowest BCUT2D eigenvalue weighted by Crippen LogP contribution is -2.10. The lowest BCUT2D eigenvalue weighted by Gasteiger charge is -2.12. The van der Waals surface area contributed by atoms with Gasteiger partial charge in [0.1, 0.15) is 30.5 Å². The highest BCUT2D eigenvalue weighted by molar-refractivity contribution is 6.41. The maximum Gasteiger partial charge on any atom is 0.123 e. The zero-order valence-electron chi connectivity index (χ0n) is 28.4. The fourth-order valence-corrected chi connectivity index (χ4v) is 8.01. The van der Waals surface area contributed by atoms with Gasteiger partial charge in [-0.3, -0.25) is 0 Å². The van der Waals surface area contributed by atoms with Crippen LogP contribution in [0.5, 0.6) is 11.5 Å². The highest BCUT2D eigenvalue weighted by atomic mass is 35.5. The van der Waals surface area contributed by atoms with E-state index < -0.39 is 0 Å². The summed E-state index contributed by atoms with van der Waals surface area (Å²) < 4.78 is 25.8. The van der Waals surface area contributed by atoms with E-state index in [1.165, 1.54) is 12.1 Å². The molecule has 0 spiro atoms. The Morgan fingerprint density at radius 1 is 0.500 bits per heavy atom. The third-order valence-electron chi connectivity index (χ3n) is 9.02. The van der Waals surface area contributed by atoms with Crippen LogP contribution in [0.25, 0.3) is 78.6 Å². The largest absolute Gasteiger partial charge is 0.492 e. The number of hydrogen-bond donors (Lipinski definition) is 5. The number of benzene rings is 3. The highest BCUT2D eigenvalue weighted by Gasteiger charge is 2.21. The number of fused-ring (bicyclic) bond motifs is 9. The predicted octanol–water partition coefficient (Wildman–Crippen LogP) is 11.1. The number of nitrogens with one attached hydrogen (secondary N) is 3. The van der Waals surface area contributed by atoms with E-state index in [2.05, 4.69) is 15.0 Å². The van der Waals surface area contributed by atoms with E-state index in [-0.39, 0.29) is 5.82 Å². The maximum atomic E-state index is 14.3. The van der Waals surface area contributed by atoms with Crippen LogP contribution < -0.4 is 20.9 Å². The van der Waals surface area contributed by atoms with Gasteiger partial charge in [-0.2, -0.15) is 0 Å². The summed E-state index contributed by atoms with van der Waals surface area (Å²) in [5.74, 6) is 0.645. The molecule has 1 aliphatic rings. The molecule has 7 aromatic rings. The Morgan fingerprint density at radius 3 is 1.37 bits per heavy atom. The lowest BCUT2D eigenvalue weighted by molar-refractivity contribution is 0.328. The minimum Gasteiger partial charge on any atom is -0.492 e. The van der Waals surface area contributed by atoms with Crippen LogP contribution >= 0.6 is 46.4 Å². The fraction of sp³-hybridized carbons (Fsp3) is 0.0976. The van der Waals surface area contributed by atoms with Crippen molar-refractivity contribution in [3.05, 3.63) is 122 Å². The Balaban J connectivity index is 1.49. The molecule has 0 atom stereocenters. The van der Waals surface area contributed by atoms with E-state index in [9.17, 15) is 4.39 Å². The van der Waals surface area contributed by atoms with E-state index in [0.29, 0.717) is 103 Å². The number of nitrogens with two attached hydrogens (primary N) is 2. The number of rotatable bonds is 9. The van der Waals surface area contributed by atoms with Crippen LogP contribution in [0.4, 0.5) is 4.39 Å². The number of aromatic nitrogens is 4. The van der Waals surface area contributed by atoms with Gasteiger partial charge in [0.25, 0.3) is 0 Å². The van der Waals surface area contributed by atoms with Gasteiger partial charge in [0, 0.05) is 63.0 Å². The molecule has 1 aliphatic heterocycles. The average Bonchev–Trinajstić information content (AvgIpc) is 3.99. The monoisotopic (exact) mass is 798 g/mol. The second kappa shape index (κ2) is 15.0. The Kier molecular flexibility index (Phi) is 10.0. The minimum atomic E-state index is -0.359. The van der Waals surface area contributed by atoms with Gasteiger partial charge in [-0.05, 0) is 90.5 Å². The zero-order chi connectivity index (χ0) is 37.5. The molecule has 0 fully saturated rings. The minimum absolute atomic E-state index is 0.309. The van der Waals surface area contributed by atoms with Gasteiger partial charge in [0.05, 0.1) is 42.5 Å². The van der Waals surface area contributed by atoms with Crippen molar-refractivity contribution in [3.63, 3.8) is 0 Å². The molecular weight excluding hydrogens is 769 g/mol. The third-order valence-corrected chi connectivity index (χ3v) is 10.2. The van der Waals surface area contributed by atoms with Crippen molar-refractivity contribution in [1.29, 1.82) is 0 Å². The lowest BCUT2D eigenvalue weighted by atomic mass is 10.0. The molecule has 272 valence electrons. The average molecular weight is 801 g/mol. The molecule has 54 heavy (non-hydrogen) atoms. The quantitative estimate of drug-likeness (QED) is 0.0992. The standard InChI is InChI=1S/C41H31Cl4FN6O2/c42-25-17-23(53-15-13-47)18-26(43)38(25)40-33-7-5-29(49-33)30-6-8-34(50-30)41(39-27(44)19-24(20-28(39)45)54-16-14-48)36-12-10-32(52-36)37(31-9-11-35(40)51-31)21-1-3-22(46)4-2-21/h1-12,17-20,49-51H,13-16,47-48H2. The van der Waals surface area contributed by atoms with Crippen LogP contribution in [0.3, 0.4) is 0 Å². The van der Waals surface area contributed by atoms with Crippen molar-refractivity contribution in [1.82, 2.24) is 19.9 Å². The normalized spacial score (nSPS) is 11.8. The zero-order valence-corrected chi connectivity index (χ0v) is 31.4. The Hall–Kier alpha value is -5.00. The Morgan fingerprint density at radius 2 is 0.889 bits per heavy atom. The molecule has 13 heteroatoms. The molecule has 8 nitrogen and oxygen atoms in total. The molecule has 5 heterocycles. The molecule has 0 radical (unpaired) electrons. The first kappa shape index (κ1) is 36.0. The van der Waals surface area contributed by atoms with E-state index >= 15 is 0 Å². The number of aromatic amines is 3. The predicted molar refractivity (Wildman–Crippen MR) is 221 cm³/mol. The van der Waals surface area contributed by atoms with Crippen molar-refractivity contribution in [3.8, 4) is 44.9 Å². The molecule has 0 unspecified atom stereocenters. The summed E-state index contributed by atoms with van der Waals surface area (Å²) in [6.07, 6.45) is 3.83. The van der Waals surface area contributed by atoms with Crippen molar-refractivity contribution in [2.24, 2.45) is 11.5 Å². The molecule has 0 aliphatic carbocycles. The van der Waals surface area contributed by atoms with Crippen molar-refractivity contribution < 1.29 is 13.9 Å². The summed E-state index contributed by atoms with van der Waals surface area (Å²) in [4.78, 5) is 15.9. The van der Waals surface area contributed by atoms with Crippen LogP contribution in [0.15, 0.2) is 84.9 Å². The van der Waals surface area contributed by atoms with Crippen LogP contribution in [-0.2, 0) is 0 Å². The molecule has 8 rings (SSSR count). The van der Waals surface area contributed by atoms with Gasteiger partial charge in [-0.25, -0.2) is 9.37 Å². The van der Waals surface area contributed by atoms with Gasteiger partial charge in [0.2, 0.25) is 0 Å². The third kappa shape index (κ3) is 6.79. The van der Waals surface area contributed by atoms with E-state index in [0.717, 1.165) is 33.2 Å². The first-order valence-electron chi connectivity index (χ1n) is 17.0. The van der Waals surface area contributed by atoms with Crippen LogP contribution in [0.2, 0.25) is 20.1 Å². The Labute approximate surface area is 328 Å². The fourth-order valence-electron chi connectivity index (χ4n) is 6.69. The van der Waals surface area contributed by atoms with Gasteiger partial charge >= 0.3 is 0 Å². The first-order chi connectivity index (χ1) is 26.2. The van der Waals surface area contributed by atoms with Crippen LogP contribution in [-0.4, -0.2) is 46.2 Å². The molecule has 7 N–H and O–H groups in total. The maximum absolute atomic E-state index is 14.3. The van der Waals surface area contributed by atoms with E-state index in [1.54, 1.807) is 36.4 Å². The second-order valence-electron chi connectivity index (χ2n) is 12.5. The van der Waals surface area contributed by atoms with Crippen molar-refractivity contribution in [2.45, 2.75) is 0 Å². The molecule has 0 saturated heterocycles. The SMILES string of the molecule is NCCOc1cc(Cl)c(-c2c3nc(c(-c4ccc(F)cc4)c4ccc([nH]4)c(-c4c(Cl)cc(OCCN)cc4Cl)c4ccc([nH]4)c4ccc2[nH]4)C=C3)c(Cl)c1. The van der Waals surface area contributed by atoms with Gasteiger partial charge in [-0.1, -0.05) is 58.5 Å².